The molecule has 0 heterocycles. The van der Waals surface area contributed by atoms with E-state index in [2.05, 4.69) is 15.9 Å². The Morgan fingerprint density at radius 1 is 1.12 bits per heavy atom. The largest absolute Gasteiger partial charge is 0.481 e. The number of aliphatic carboxylic acids is 1. The molecule has 0 radical (unpaired) electrons. The molecule has 2 aromatic rings. The zero-order valence-electron chi connectivity index (χ0n) is 12.6. The summed E-state index contributed by atoms with van der Waals surface area (Å²) in [4.78, 5) is 12.0. The normalized spacial score (nSPS) is 26.1. The van der Waals surface area contributed by atoms with E-state index in [1.54, 1.807) is 42.5 Å². The second-order valence-corrected chi connectivity index (χ2v) is 8.84. The summed E-state index contributed by atoms with van der Waals surface area (Å²) in [7, 11) is -3.81. The third kappa shape index (κ3) is 2.47. The van der Waals surface area contributed by atoms with Gasteiger partial charge in [0.1, 0.15) is 5.41 Å². The van der Waals surface area contributed by atoms with Gasteiger partial charge in [-0.25, -0.2) is 8.42 Å². The van der Waals surface area contributed by atoms with Gasteiger partial charge in [-0.05, 0) is 29.8 Å². The summed E-state index contributed by atoms with van der Waals surface area (Å²) in [6.07, 6.45) is 0. The lowest BCUT2D eigenvalue weighted by Crippen LogP contribution is -2.31. The lowest BCUT2D eigenvalue weighted by molar-refractivity contribution is -0.143. The van der Waals surface area contributed by atoms with Crippen molar-refractivity contribution in [3.63, 3.8) is 0 Å². The molecular weight excluding hydrogens is 394 g/mol. The highest BCUT2D eigenvalue weighted by Crippen LogP contribution is 2.63. The number of benzene rings is 2. The monoisotopic (exact) mass is 409 g/mol. The van der Waals surface area contributed by atoms with Crippen molar-refractivity contribution in [2.45, 2.75) is 16.1 Å². The van der Waals surface area contributed by atoms with E-state index in [9.17, 15) is 18.3 Å². The first-order chi connectivity index (χ1) is 11.4. The van der Waals surface area contributed by atoms with Crippen LogP contribution in [0.15, 0.2) is 64.0 Å². The predicted octanol–water partition coefficient (Wildman–Crippen LogP) is 2.42. The topological polar surface area (TPSA) is 97.5 Å². The van der Waals surface area contributed by atoms with Crippen molar-refractivity contribution >= 4 is 31.7 Å². The number of rotatable bonds is 5. The number of carboxylic acids is 1. The van der Waals surface area contributed by atoms with E-state index in [-0.39, 0.29) is 11.4 Å². The molecule has 5 nitrogen and oxygen atoms in total. The Bertz CT molecular complexity index is 867. The molecule has 0 unspecified atom stereocenters. The molecule has 0 aliphatic heterocycles. The second kappa shape index (κ2) is 5.98. The number of sulfone groups is 1. The lowest BCUT2D eigenvalue weighted by Gasteiger charge is -2.10. The summed E-state index contributed by atoms with van der Waals surface area (Å²) >= 11 is 3.32. The Morgan fingerprint density at radius 3 is 2.21 bits per heavy atom. The average molecular weight is 410 g/mol. The highest BCUT2D eigenvalue weighted by Gasteiger charge is 2.75. The first kappa shape index (κ1) is 17.1. The molecule has 0 amide bonds. The van der Waals surface area contributed by atoms with Crippen LogP contribution in [0.4, 0.5) is 0 Å². The van der Waals surface area contributed by atoms with Gasteiger partial charge in [-0.2, -0.15) is 0 Å². The van der Waals surface area contributed by atoms with Crippen LogP contribution in [0.5, 0.6) is 0 Å². The van der Waals surface area contributed by atoms with E-state index in [0.29, 0.717) is 5.56 Å². The Kier molecular flexibility index (Phi) is 4.27. The molecule has 3 atom stereocenters. The Morgan fingerprint density at radius 2 is 1.71 bits per heavy atom. The van der Waals surface area contributed by atoms with E-state index in [4.69, 9.17) is 5.73 Å². The van der Waals surface area contributed by atoms with E-state index in [1.807, 2.05) is 0 Å². The van der Waals surface area contributed by atoms with Crippen molar-refractivity contribution in [1.29, 1.82) is 0 Å². The van der Waals surface area contributed by atoms with Gasteiger partial charge in [0.2, 0.25) is 0 Å². The highest BCUT2D eigenvalue weighted by molar-refractivity contribution is 9.10. The third-order valence-corrected chi connectivity index (χ3v) is 7.45. The van der Waals surface area contributed by atoms with Crippen LogP contribution < -0.4 is 5.73 Å². The maximum Gasteiger partial charge on any atom is 0.312 e. The SMILES string of the molecule is NC[C@]1(C(=O)O)[C@H](c2ccc(Br)cc2)[C@@H]1S(=O)(=O)c1ccccc1. The van der Waals surface area contributed by atoms with Gasteiger partial charge in [0, 0.05) is 16.9 Å². The zero-order valence-corrected chi connectivity index (χ0v) is 15.0. The highest BCUT2D eigenvalue weighted by atomic mass is 79.9. The van der Waals surface area contributed by atoms with Crippen molar-refractivity contribution in [3.05, 3.63) is 64.6 Å². The molecule has 0 aromatic heterocycles. The fraction of sp³-hybridized carbons (Fsp3) is 0.235. The number of nitrogens with two attached hydrogens (primary N) is 1. The minimum atomic E-state index is -3.81. The summed E-state index contributed by atoms with van der Waals surface area (Å²) in [5, 5.41) is 8.64. The fourth-order valence-corrected chi connectivity index (χ4v) is 6.02. The smallest absolute Gasteiger partial charge is 0.312 e. The van der Waals surface area contributed by atoms with Crippen LogP contribution in [0.25, 0.3) is 0 Å². The minimum absolute atomic E-state index is 0.119. The van der Waals surface area contributed by atoms with Gasteiger partial charge in [-0.1, -0.05) is 46.3 Å². The van der Waals surface area contributed by atoms with Crippen LogP contribution in [-0.2, 0) is 14.6 Å². The first-order valence-electron chi connectivity index (χ1n) is 7.33. The van der Waals surface area contributed by atoms with Gasteiger partial charge in [-0.15, -0.1) is 0 Å². The Labute approximate surface area is 148 Å². The summed E-state index contributed by atoms with van der Waals surface area (Å²) in [6.45, 7) is -0.236. The number of halogens is 1. The Hall–Kier alpha value is -1.70. The maximum atomic E-state index is 13.0. The molecule has 3 rings (SSSR count). The minimum Gasteiger partial charge on any atom is -0.481 e. The molecule has 0 bridgehead atoms. The molecule has 1 aliphatic carbocycles. The van der Waals surface area contributed by atoms with Gasteiger partial charge >= 0.3 is 5.97 Å². The molecule has 3 N–H and O–H groups in total. The van der Waals surface area contributed by atoms with Crippen molar-refractivity contribution in [3.8, 4) is 0 Å². The van der Waals surface area contributed by atoms with Crippen LogP contribution in [0.3, 0.4) is 0 Å². The molecule has 1 saturated carbocycles. The van der Waals surface area contributed by atoms with Crippen molar-refractivity contribution in [1.82, 2.24) is 0 Å². The van der Waals surface area contributed by atoms with Crippen LogP contribution in [0.2, 0.25) is 0 Å². The van der Waals surface area contributed by atoms with Crippen molar-refractivity contribution < 1.29 is 18.3 Å². The van der Waals surface area contributed by atoms with Gasteiger partial charge in [0.15, 0.2) is 9.84 Å². The number of carboxylic acid groups (broad SMARTS) is 1. The molecule has 1 fully saturated rings. The summed E-state index contributed by atoms with van der Waals surface area (Å²) in [5.41, 5.74) is 4.90. The van der Waals surface area contributed by atoms with Gasteiger partial charge < -0.3 is 10.8 Å². The summed E-state index contributed by atoms with van der Waals surface area (Å²) in [6, 6.07) is 14.9. The van der Waals surface area contributed by atoms with E-state index < -0.39 is 32.4 Å². The molecule has 1 aliphatic rings. The fourth-order valence-electron chi connectivity index (χ4n) is 3.35. The van der Waals surface area contributed by atoms with Crippen LogP contribution in [0, 0.1) is 5.41 Å². The lowest BCUT2D eigenvalue weighted by atomic mass is 9.99. The molecule has 7 heteroatoms. The van der Waals surface area contributed by atoms with Gasteiger partial charge in [-0.3, -0.25) is 4.79 Å². The standard InChI is InChI=1S/C17H16BrNO4S/c18-12-8-6-11(7-9-12)14-15(17(14,10-19)16(20)21)24(22,23)13-4-2-1-3-5-13/h1-9,14-15H,10,19H2,(H,20,21)/t14-,15+,17+/m1/s1. The van der Waals surface area contributed by atoms with Crippen molar-refractivity contribution in [2.24, 2.45) is 11.1 Å². The van der Waals surface area contributed by atoms with Gasteiger partial charge in [0.05, 0.1) is 10.1 Å². The third-order valence-electron chi connectivity index (χ3n) is 4.63. The summed E-state index contributed by atoms with van der Waals surface area (Å²) in [5.74, 6) is -1.85. The number of hydrogen-bond acceptors (Lipinski definition) is 4. The second-order valence-electron chi connectivity index (χ2n) is 5.86. The van der Waals surface area contributed by atoms with Crippen LogP contribution in [-0.4, -0.2) is 31.3 Å². The molecule has 24 heavy (non-hydrogen) atoms. The summed E-state index contributed by atoms with van der Waals surface area (Å²) < 4.78 is 26.8. The number of carbonyl (C=O) groups is 1. The van der Waals surface area contributed by atoms with E-state index in [0.717, 1.165) is 4.47 Å². The molecular formula is C17H16BrNO4S. The first-order valence-corrected chi connectivity index (χ1v) is 9.67. The predicted molar refractivity (Wildman–Crippen MR) is 93.4 cm³/mol. The molecule has 126 valence electrons. The molecule has 2 aromatic carbocycles. The number of hydrogen-bond donors (Lipinski definition) is 2. The van der Waals surface area contributed by atoms with Gasteiger partial charge in [0.25, 0.3) is 0 Å². The quantitative estimate of drug-likeness (QED) is 0.789. The average Bonchev–Trinajstić information content (AvgIpc) is 3.28. The molecule has 0 saturated heterocycles. The van der Waals surface area contributed by atoms with E-state index in [1.165, 1.54) is 12.1 Å². The van der Waals surface area contributed by atoms with Crippen molar-refractivity contribution in [2.75, 3.05) is 6.54 Å². The van der Waals surface area contributed by atoms with Crippen LogP contribution in [0.1, 0.15) is 11.5 Å². The zero-order chi connectivity index (χ0) is 17.5. The Balaban J connectivity index is 2.11. The van der Waals surface area contributed by atoms with E-state index >= 15 is 0 Å². The maximum absolute atomic E-state index is 13.0. The van der Waals surface area contributed by atoms with Crippen LogP contribution >= 0.6 is 15.9 Å². The molecule has 0 spiro atoms.